The fourth-order valence-corrected chi connectivity index (χ4v) is 3.17. The summed E-state index contributed by atoms with van der Waals surface area (Å²) in [7, 11) is 3.28. The van der Waals surface area contributed by atoms with Gasteiger partial charge in [-0.1, -0.05) is 6.08 Å². The molecule has 9 heteroatoms. The molecule has 0 radical (unpaired) electrons. The van der Waals surface area contributed by atoms with Gasteiger partial charge in [0.1, 0.15) is 5.69 Å². The van der Waals surface area contributed by atoms with Crippen LogP contribution in [0.5, 0.6) is 5.88 Å². The van der Waals surface area contributed by atoms with Crippen molar-refractivity contribution in [3.05, 3.63) is 53.2 Å². The first kappa shape index (κ1) is 16.4. The van der Waals surface area contributed by atoms with Crippen LogP contribution < -0.4 is 4.74 Å². The SMILES string of the molecule is COc1c(-c2cnc3c(c2)C(c2cn[nH]c2C(F)(F)F)=CC3)cnn1C. The van der Waals surface area contributed by atoms with Gasteiger partial charge in [0.05, 0.1) is 30.8 Å². The molecule has 134 valence electrons. The molecule has 0 atom stereocenters. The number of ether oxygens (including phenoxy) is 1. The van der Waals surface area contributed by atoms with Crippen LogP contribution in [0.3, 0.4) is 0 Å². The van der Waals surface area contributed by atoms with Crippen LogP contribution in [0.25, 0.3) is 16.7 Å². The number of rotatable bonds is 3. The lowest BCUT2D eigenvalue weighted by Gasteiger charge is -2.11. The zero-order valence-electron chi connectivity index (χ0n) is 13.9. The summed E-state index contributed by atoms with van der Waals surface area (Å²) >= 11 is 0. The molecule has 0 bridgehead atoms. The third-order valence-electron chi connectivity index (χ3n) is 4.36. The quantitative estimate of drug-likeness (QED) is 0.778. The van der Waals surface area contributed by atoms with Crippen molar-refractivity contribution in [3.8, 4) is 17.0 Å². The number of fused-ring (bicyclic) bond motifs is 1. The number of aryl methyl sites for hydroxylation is 1. The van der Waals surface area contributed by atoms with Crippen LogP contribution in [-0.2, 0) is 19.6 Å². The summed E-state index contributed by atoms with van der Waals surface area (Å²) in [6.07, 6.45) is 2.21. The Balaban J connectivity index is 1.81. The second kappa shape index (κ2) is 5.72. The third kappa shape index (κ3) is 2.47. The van der Waals surface area contributed by atoms with Gasteiger partial charge in [0.2, 0.25) is 5.88 Å². The lowest BCUT2D eigenvalue weighted by Crippen LogP contribution is -2.08. The molecular weight excluding hydrogens is 347 g/mol. The molecule has 0 saturated heterocycles. The molecule has 3 aromatic rings. The predicted octanol–water partition coefficient (Wildman–Crippen LogP) is 3.22. The standard InChI is InChI=1S/C17H14F3N5O/c1-25-16(26-2)12(8-23-25)9-5-11-10(3-4-14(11)21-6-9)13-7-22-24-15(13)17(18,19)20/h3,5-8H,4H2,1-2H3,(H,22,24). The highest BCUT2D eigenvalue weighted by molar-refractivity contribution is 5.87. The van der Waals surface area contributed by atoms with Gasteiger partial charge in [-0.3, -0.25) is 10.1 Å². The van der Waals surface area contributed by atoms with Gasteiger partial charge in [0, 0.05) is 36.4 Å². The lowest BCUT2D eigenvalue weighted by molar-refractivity contribution is -0.141. The Labute approximate surface area is 146 Å². The van der Waals surface area contributed by atoms with Crippen molar-refractivity contribution in [3.63, 3.8) is 0 Å². The molecular formula is C17H14F3N5O. The number of halogens is 3. The number of aromatic amines is 1. The molecule has 3 heterocycles. The maximum absolute atomic E-state index is 13.2. The highest BCUT2D eigenvalue weighted by Gasteiger charge is 2.37. The highest BCUT2D eigenvalue weighted by Crippen LogP contribution is 2.40. The Morgan fingerprint density at radius 1 is 1.15 bits per heavy atom. The van der Waals surface area contributed by atoms with Gasteiger partial charge in [-0.05, 0) is 11.6 Å². The van der Waals surface area contributed by atoms with Crippen LogP contribution in [0.1, 0.15) is 22.5 Å². The molecule has 3 aromatic heterocycles. The summed E-state index contributed by atoms with van der Waals surface area (Å²) in [5, 5.41) is 9.79. The van der Waals surface area contributed by atoms with Gasteiger partial charge in [0.25, 0.3) is 0 Å². The van der Waals surface area contributed by atoms with Crippen LogP contribution in [-0.4, -0.2) is 32.1 Å². The number of aromatic nitrogens is 5. The van der Waals surface area contributed by atoms with Crippen LogP contribution in [0.4, 0.5) is 13.2 Å². The van der Waals surface area contributed by atoms with E-state index in [1.165, 1.54) is 13.3 Å². The molecule has 0 fully saturated rings. The Hall–Kier alpha value is -3.10. The molecule has 0 aromatic carbocycles. The average molecular weight is 361 g/mol. The lowest BCUT2D eigenvalue weighted by atomic mass is 9.99. The van der Waals surface area contributed by atoms with Gasteiger partial charge in [-0.15, -0.1) is 0 Å². The molecule has 4 rings (SSSR count). The maximum Gasteiger partial charge on any atom is 0.433 e. The average Bonchev–Trinajstić information content (AvgIpc) is 3.30. The minimum absolute atomic E-state index is 0.0216. The number of nitrogens with one attached hydrogen (secondary N) is 1. The van der Waals surface area contributed by atoms with Crippen LogP contribution in [0.15, 0.2) is 30.7 Å². The number of allylic oxidation sites excluding steroid dienone is 1. The van der Waals surface area contributed by atoms with E-state index in [2.05, 4.69) is 20.3 Å². The van der Waals surface area contributed by atoms with Crippen molar-refractivity contribution in [2.24, 2.45) is 7.05 Å². The van der Waals surface area contributed by atoms with Crippen molar-refractivity contribution in [2.75, 3.05) is 7.11 Å². The summed E-state index contributed by atoms with van der Waals surface area (Å²) in [5.41, 5.74) is 2.45. The van der Waals surface area contributed by atoms with Gasteiger partial charge in [-0.2, -0.15) is 23.4 Å². The second-order valence-electron chi connectivity index (χ2n) is 5.89. The monoisotopic (exact) mass is 361 g/mol. The van der Waals surface area contributed by atoms with E-state index in [0.717, 1.165) is 16.8 Å². The molecule has 6 nitrogen and oxygen atoms in total. The predicted molar refractivity (Wildman–Crippen MR) is 87.4 cm³/mol. The van der Waals surface area contributed by atoms with Crippen molar-refractivity contribution in [2.45, 2.75) is 12.6 Å². The fourth-order valence-electron chi connectivity index (χ4n) is 3.17. The van der Waals surface area contributed by atoms with Crippen LogP contribution >= 0.6 is 0 Å². The van der Waals surface area contributed by atoms with Crippen molar-refractivity contribution >= 4 is 5.57 Å². The Morgan fingerprint density at radius 3 is 2.69 bits per heavy atom. The number of methoxy groups -OCH3 is 1. The normalized spacial score (nSPS) is 13.7. The van der Waals surface area contributed by atoms with Crippen molar-refractivity contribution < 1.29 is 17.9 Å². The minimum atomic E-state index is -4.51. The summed E-state index contributed by atoms with van der Waals surface area (Å²) in [5.74, 6) is 0.551. The Bertz CT molecular complexity index is 1020. The smallest absolute Gasteiger partial charge is 0.433 e. The van der Waals surface area contributed by atoms with Crippen LogP contribution in [0.2, 0.25) is 0 Å². The van der Waals surface area contributed by atoms with E-state index in [-0.39, 0.29) is 5.56 Å². The number of hydrogen-bond acceptors (Lipinski definition) is 4. The first-order valence-corrected chi connectivity index (χ1v) is 7.77. The number of alkyl halides is 3. The molecule has 0 unspecified atom stereocenters. The van der Waals surface area contributed by atoms with Crippen molar-refractivity contribution in [1.82, 2.24) is 25.0 Å². The third-order valence-corrected chi connectivity index (χ3v) is 4.36. The number of nitrogens with zero attached hydrogens (tertiary/aromatic N) is 4. The molecule has 0 amide bonds. The molecule has 1 N–H and O–H groups in total. The second-order valence-corrected chi connectivity index (χ2v) is 5.89. The summed E-state index contributed by atoms with van der Waals surface area (Å²) in [6, 6.07) is 1.81. The molecule has 0 spiro atoms. The maximum atomic E-state index is 13.2. The van der Waals surface area contributed by atoms with Gasteiger partial charge in [0.15, 0.2) is 0 Å². The Morgan fingerprint density at radius 2 is 1.96 bits per heavy atom. The van der Waals surface area contributed by atoms with E-state index in [0.29, 0.717) is 23.4 Å². The molecule has 0 aliphatic heterocycles. The van der Waals surface area contributed by atoms with Gasteiger partial charge >= 0.3 is 6.18 Å². The van der Waals surface area contributed by atoms with E-state index in [4.69, 9.17) is 4.74 Å². The van der Waals surface area contributed by atoms with E-state index in [9.17, 15) is 13.2 Å². The van der Waals surface area contributed by atoms with Crippen LogP contribution in [0, 0.1) is 0 Å². The van der Waals surface area contributed by atoms with Crippen molar-refractivity contribution in [1.29, 1.82) is 0 Å². The van der Waals surface area contributed by atoms with E-state index < -0.39 is 11.9 Å². The largest absolute Gasteiger partial charge is 0.481 e. The van der Waals surface area contributed by atoms with Gasteiger partial charge in [-0.25, -0.2) is 4.68 Å². The highest BCUT2D eigenvalue weighted by atomic mass is 19.4. The molecule has 26 heavy (non-hydrogen) atoms. The van der Waals surface area contributed by atoms with Gasteiger partial charge < -0.3 is 4.74 Å². The molecule has 1 aliphatic rings. The number of hydrogen-bond donors (Lipinski definition) is 1. The molecule has 0 saturated carbocycles. The summed E-state index contributed by atoms with van der Waals surface area (Å²) < 4.78 is 46.6. The zero-order chi connectivity index (χ0) is 18.5. The molecule has 1 aliphatic carbocycles. The first-order valence-electron chi connectivity index (χ1n) is 7.77. The van der Waals surface area contributed by atoms with E-state index in [1.807, 2.05) is 6.07 Å². The van der Waals surface area contributed by atoms with E-state index in [1.54, 1.807) is 30.2 Å². The topological polar surface area (TPSA) is 68.6 Å². The Kier molecular flexibility index (Phi) is 3.60. The fraction of sp³-hybridized carbons (Fsp3) is 0.235. The summed E-state index contributed by atoms with van der Waals surface area (Å²) in [6.45, 7) is 0. The summed E-state index contributed by atoms with van der Waals surface area (Å²) in [4.78, 5) is 4.42. The number of pyridine rings is 1. The minimum Gasteiger partial charge on any atom is -0.481 e. The zero-order valence-corrected chi connectivity index (χ0v) is 13.9. The first-order chi connectivity index (χ1) is 12.4. The number of H-pyrrole nitrogens is 1. The van der Waals surface area contributed by atoms with E-state index >= 15 is 0 Å².